The van der Waals surface area contributed by atoms with Crippen LogP contribution in [-0.2, 0) is 29.1 Å². The minimum absolute atomic E-state index is 0.00326. The fraction of sp³-hybridized carbons (Fsp3) is 0.286. The predicted molar refractivity (Wildman–Crippen MR) is 106 cm³/mol. The van der Waals surface area contributed by atoms with Crippen LogP contribution in [0.2, 0.25) is 0 Å². The number of benzene rings is 2. The molecule has 0 saturated heterocycles. The molecular weight excluding hydrogens is 340 g/mol. The lowest BCUT2D eigenvalue weighted by Crippen LogP contribution is -2.23. The molecule has 1 heterocycles. The molecule has 1 aromatic heterocycles. The van der Waals surface area contributed by atoms with Crippen LogP contribution in [0.25, 0.3) is 11.0 Å². The second-order valence-corrected chi connectivity index (χ2v) is 6.58. The molecule has 0 unspecified atom stereocenters. The number of aromatic nitrogens is 2. The second kappa shape index (κ2) is 8.03. The lowest BCUT2D eigenvalue weighted by Gasteiger charge is -2.15. The lowest BCUT2D eigenvalue weighted by molar-refractivity contribution is -0.128. The molecule has 1 N–H and O–H groups in total. The van der Waals surface area contributed by atoms with Gasteiger partial charge in [-0.2, -0.15) is 0 Å². The quantitative estimate of drug-likeness (QED) is 0.730. The van der Waals surface area contributed by atoms with Crippen LogP contribution >= 0.6 is 0 Å². The first-order valence-corrected chi connectivity index (χ1v) is 9.02. The van der Waals surface area contributed by atoms with Gasteiger partial charge in [0.15, 0.2) is 0 Å². The van der Waals surface area contributed by atoms with Gasteiger partial charge in [-0.3, -0.25) is 9.59 Å². The molecule has 0 spiro atoms. The summed E-state index contributed by atoms with van der Waals surface area (Å²) >= 11 is 0. The third kappa shape index (κ3) is 4.34. The average molecular weight is 364 g/mol. The first kappa shape index (κ1) is 18.6. The number of fused-ring (bicyclic) bond motifs is 1. The number of amides is 2. The summed E-state index contributed by atoms with van der Waals surface area (Å²) in [5.41, 5.74) is 3.54. The van der Waals surface area contributed by atoms with Crippen LogP contribution in [0.4, 0.5) is 5.69 Å². The van der Waals surface area contributed by atoms with Gasteiger partial charge in [0.1, 0.15) is 12.4 Å². The molecule has 0 fully saturated rings. The third-order valence-electron chi connectivity index (χ3n) is 4.52. The molecule has 0 bridgehead atoms. The third-order valence-corrected chi connectivity index (χ3v) is 4.52. The predicted octanol–water partition coefficient (Wildman–Crippen LogP) is 3.22. The van der Waals surface area contributed by atoms with Crippen molar-refractivity contribution in [1.82, 2.24) is 14.5 Å². The minimum Gasteiger partial charge on any atom is -0.342 e. The van der Waals surface area contributed by atoms with E-state index in [4.69, 9.17) is 0 Å². The van der Waals surface area contributed by atoms with Gasteiger partial charge in [0, 0.05) is 32.6 Å². The zero-order valence-electron chi connectivity index (χ0n) is 15.9. The van der Waals surface area contributed by atoms with Gasteiger partial charge in [0.25, 0.3) is 0 Å². The molecule has 6 heteroatoms. The van der Waals surface area contributed by atoms with Crippen molar-refractivity contribution >= 4 is 28.5 Å². The van der Waals surface area contributed by atoms with E-state index in [9.17, 15) is 9.59 Å². The summed E-state index contributed by atoms with van der Waals surface area (Å²) < 4.78 is 1.96. The van der Waals surface area contributed by atoms with E-state index in [1.54, 1.807) is 11.9 Å². The van der Waals surface area contributed by atoms with Crippen molar-refractivity contribution in [2.45, 2.75) is 33.4 Å². The fourth-order valence-electron chi connectivity index (χ4n) is 3.05. The van der Waals surface area contributed by atoms with E-state index in [2.05, 4.69) is 10.3 Å². The lowest BCUT2D eigenvalue weighted by atomic mass is 10.2. The molecule has 3 rings (SSSR count). The van der Waals surface area contributed by atoms with E-state index in [0.29, 0.717) is 6.54 Å². The van der Waals surface area contributed by atoms with Gasteiger partial charge in [-0.25, -0.2) is 4.98 Å². The maximum Gasteiger partial charge on any atom is 0.244 e. The van der Waals surface area contributed by atoms with Crippen LogP contribution in [0, 0.1) is 0 Å². The highest BCUT2D eigenvalue weighted by Crippen LogP contribution is 2.17. The Morgan fingerprint density at radius 2 is 1.93 bits per heavy atom. The molecular formula is C21H24N4O2. The number of hydrogen-bond acceptors (Lipinski definition) is 3. The van der Waals surface area contributed by atoms with Crippen LogP contribution in [0.5, 0.6) is 0 Å². The van der Waals surface area contributed by atoms with Crippen molar-refractivity contribution in [3.8, 4) is 0 Å². The van der Waals surface area contributed by atoms with Gasteiger partial charge < -0.3 is 14.8 Å². The van der Waals surface area contributed by atoms with Crippen LogP contribution in [0.1, 0.15) is 25.2 Å². The summed E-state index contributed by atoms with van der Waals surface area (Å²) in [5.74, 6) is 0.789. The maximum absolute atomic E-state index is 12.6. The number of para-hydroxylation sites is 2. The normalized spacial score (nSPS) is 10.8. The van der Waals surface area contributed by atoms with Crippen molar-refractivity contribution in [3.05, 3.63) is 59.9 Å². The number of aryl methyl sites for hydroxylation is 1. The van der Waals surface area contributed by atoms with Crippen LogP contribution in [0.3, 0.4) is 0 Å². The van der Waals surface area contributed by atoms with Gasteiger partial charge in [0.2, 0.25) is 11.8 Å². The summed E-state index contributed by atoms with van der Waals surface area (Å²) in [6, 6.07) is 15.4. The monoisotopic (exact) mass is 364 g/mol. The smallest absolute Gasteiger partial charge is 0.244 e. The van der Waals surface area contributed by atoms with E-state index in [1.807, 2.05) is 60.0 Å². The molecule has 0 aliphatic rings. The minimum atomic E-state index is -0.107. The number of rotatable bonds is 6. The van der Waals surface area contributed by atoms with E-state index in [0.717, 1.165) is 34.5 Å². The van der Waals surface area contributed by atoms with Gasteiger partial charge in [0.05, 0.1) is 11.0 Å². The summed E-state index contributed by atoms with van der Waals surface area (Å²) in [6.07, 6.45) is 0.759. The van der Waals surface area contributed by atoms with Crippen LogP contribution < -0.4 is 5.32 Å². The molecule has 3 aromatic rings. The van der Waals surface area contributed by atoms with Gasteiger partial charge in [-0.1, -0.05) is 31.2 Å². The Morgan fingerprint density at radius 1 is 1.15 bits per heavy atom. The Kier molecular flexibility index (Phi) is 5.54. The maximum atomic E-state index is 12.6. The molecule has 6 nitrogen and oxygen atoms in total. The Hall–Kier alpha value is -3.15. The van der Waals surface area contributed by atoms with E-state index >= 15 is 0 Å². The number of carbonyl (C=O) groups excluding carboxylic acids is 2. The molecule has 0 radical (unpaired) electrons. The number of nitrogens with one attached hydrogen (secondary N) is 1. The number of carbonyl (C=O) groups is 2. The van der Waals surface area contributed by atoms with Gasteiger partial charge in [-0.15, -0.1) is 0 Å². The summed E-state index contributed by atoms with van der Waals surface area (Å²) in [5, 5.41) is 2.95. The Bertz CT molecular complexity index is 977. The van der Waals surface area contributed by atoms with Crippen LogP contribution in [-0.4, -0.2) is 33.3 Å². The van der Waals surface area contributed by atoms with Gasteiger partial charge >= 0.3 is 0 Å². The van der Waals surface area contributed by atoms with Crippen LogP contribution in [0.15, 0.2) is 48.5 Å². The molecule has 2 amide bonds. The van der Waals surface area contributed by atoms with Crippen molar-refractivity contribution < 1.29 is 9.59 Å². The van der Waals surface area contributed by atoms with Crippen molar-refractivity contribution in [2.75, 3.05) is 12.4 Å². The summed E-state index contributed by atoms with van der Waals surface area (Å²) in [4.78, 5) is 30.2. The largest absolute Gasteiger partial charge is 0.342 e. The number of anilines is 1. The number of nitrogens with zero attached hydrogens (tertiary/aromatic N) is 3. The number of imidazole rings is 1. The molecule has 140 valence electrons. The highest BCUT2D eigenvalue weighted by molar-refractivity contribution is 5.91. The zero-order valence-corrected chi connectivity index (χ0v) is 15.9. The molecule has 27 heavy (non-hydrogen) atoms. The van der Waals surface area contributed by atoms with E-state index in [1.165, 1.54) is 6.92 Å². The Morgan fingerprint density at radius 3 is 2.67 bits per heavy atom. The van der Waals surface area contributed by atoms with Crippen molar-refractivity contribution in [3.63, 3.8) is 0 Å². The molecule has 0 aliphatic heterocycles. The van der Waals surface area contributed by atoms with E-state index < -0.39 is 0 Å². The second-order valence-electron chi connectivity index (χ2n) is 6.58. The summed E-state index contributed by atoms with van der Waals surface area (Å²) in [7, 11) is 1.75. The molecule has 0 aliphatic carbocycles. The fourth-order valence-corrected chi connectivity index (χ4v) is 3.05. The Labute approximate surface area is 158 Å². The topological polar surface area (TPSA) is 67.2 Å². The SMILES string of the molecule is CCc1nc2ccccc2n1CC(=O)Nc1cccc(CN(C)C(C)=O)c1. The highest BCUT2D eigenvalue weighted by Gasteiger charge is 2.13. The van der Waals surface area contributed by atoms with Crippen molar-refractivity contribution in [1.29, 1.82) is 0 Å². The molecule has 0 atom stereocenters. The molecule has 0 saturated carbocycles. The van der Waals surface area contributed by atoms with Crippen molar-refractivity contribution in [2.24, 2.45) is 0 Å². The highest BCUT2D eigenvalue weighted by atomic mass is 16.2. The van der Waals surface area contributed by atoms with E-state index in [-0.39, 0.29) is 18.4 Å². The number of hydrogen-bond donors (Lipinski definition) is 1. The standard InChI is InChI=1S/C21H24N4O2/c1-4-20-23-18-10-5-6-11-19(18)25(20)14-21(27)22-17-9-7-8-16(12-17)13-24(3)15(2)26/h5-12H,4,13-14H2,1-3H3,(H,22,27). The zero-order chi connectivity index (χ0) is 19.4. The first-order chi connectivity index (χ1) is 13.0. The Balaban J connectivity index is 1.74. The summed E-state index contributed by atoms with van der Waals surface area (Å²) in [6.45, 7) is 4.28. The molecule has 2 aromatic carbocycles. The van der Waals surface area contributed by atoms with Gasteiger partial charge in [-0.05, 0) is 29.8 Å². The first-order valence-electron chi connectivity index (χ1n) is 9.02. The average Bonchev–Trinajstić information content (AvgIpc) is 2.99.